The average Bonchev–Trinajstić information content (AvgIpc) is 2.97. The fourth-order valence-electron chi connectivity index (χ4n) is 3.72. The van der Waals surface area contributed by atoms with Crippen LogP contribution in [-0.2, 0) is 13.2 Å². The number of hydrogen-bond donors (Lipinski definition) is 1. The summed E-state index contributed by atoms with van der Waals surface area (Å²) < 4.78 is 37.5. The lowest BCUT2D eigenvalue weighted by Crippen LogP contribution is -2.17. The van der Waals surface area contributed by atoms with Gasteiger partial charge in [-0.3, -0.25) is 4.79 Å². The standard InChI is InChI=1S/C31H28BrFN2O5/c1-3-38-29-16-22(15-25(32)30(29)40-20-24-11-7-8-12-26(24)33)18-34-35-31(36)23-13-14-27(28(17-23)37-2)39-19-21-9-5-4-6-10-21/h4-18H,3,19-20H2,1-2H3,(H,35,36)/b34-18+. The van der Waals surface area contributed by atoms with Gasteiger partial charge in [-0.05, 0) is 70.4 Å². The number of methoxy groups -OCH3 is 1. The van der Waals surface area contributed by atoms with Crippen molar-refractivity contribution in [3.8, 4) is 23.0 Å². The zero-order valence-corrected chi connectivity index (χ0v) is 23.6. The van der Waals surface area contributed by atoms with Crippen molar-refractivity contribution in [2.75, 3.05) is 13.7 Å². The first kappa shape index (κ1) is 28.6. The van der Waals surface area contributed by atoms with Crippen LogP contribution >= 0.6 is 15.9 Å². The van der Waals surface area contributed by atoms with E-state index in [4.69, 9.17) is 18.9 Å². The minimum absolute atomic E-state index is 0.0361. The molecule has 4 aromatic rings. The fraction of sp³-hybridized carbons (Fsp3) is 0.161. The van der Waals surface area contributed by atoms with Gasteiger partial charge in [0.25, 0.3) is 5.91 Å². The Morgan fingerprint density at radius 3 is 2.42 bits per heavy atom. The molecular formula is C31H28BrFN2O5. The zero-order chi connectivity index (χ0) is 28.3. The van der Waals surface area contributed by atoms with Gasteiger partial charge in [0.2, 0.25) is 0 Å². The Labute approximate surface area is 240 Å². The average molecular weight is 607 g/mol. The highest BCUT2D eigenvalue weighted by molar-refractivity contribution is 9.10. The molecule has 0 unspecified atom stereocenters. The van der Waals surface area contributed by atoms with Gasteiger partial charge in [-0.2, -0.15) is 5.10 Å². The van der Waals surface area contributed by atoms with E-state index in [1.807, 2.05) is 37.3 Å². The van der Waals surface area contributed by atoms with Gasteiger partial charge < -0.3 is 18.9 Å². The van der Waals surface area contributed by atoms with Crippen molar-refractivity contribution in [2.45, 2.75) is 20.1 Å². The minimum Gasteiger partial charge on any atom is -0.493 e. The summed E-state index contributed by atoms with van der Waals surface area (Å²) in [6.45, 7) is 2.65. The normalized spacial score (nSPS) is 10.8. The molecule has 0 aromatic heterocycles. The summed E-state index contributed by atoms with van der Waals surface area (Å²) in [5, 5.41) is 4.09. The molecule has 7 nitrogen and oxygen atoms in total. The third-order valence-electron chi connectivity index (χ3n) is 5.70. The third-order valence-corrected chi connectivity index (χ3v) is 6.29. The second kappa shape index (κ2) is 14.1. The van der Waals surface area contributed by atoms with Gasteiger partial charge in [0.1, 0.15) is 19.0 Å². The monoisotopic (exact) mass is 606 g/mol. The number of hydrogen-bond acceptors (Lipinski definition) is 6. The van der Waals surface area contributed by atoms with E-state index in [2.05, 4.69) is 26.5 Å². The van der Waals surface area contributed by atoms with Gasteiger partial charge >= 0.3 is 0 Å². The second-order valence-electron chi connectivity index (χ2n) is 8.48. The van der Waals surface area contributed by atoms with E-state index in [9.17, 15) is 9.18 Å². The molecular weight excluding hydrogens is 579 g/mol. The minimum atomic E-state index is -0.418. The maximum absolute atomic E-state index is 14.0. The summed E-state index contributed by atoms with van der Waals surface area (Å²) in [6.07, 6.45) is 1.49. The van der Waals surface area contributed by atoms with Gasteiger partial charge in [-0.25, -0.2) is 9.82 Å². The number of benzene rings is 4. The van der Waals surface area contributed by atoms with Crippen LogP contribution in [0.1, 0.15) is 34.0 Å². The van der Waals surface area contributed by atoms with Crippen LogP contribution in [0.2, 0.25) is 0 Å². The third kappa shape index (κ3) is 7.60. The Kier molecular flexibility index (Phi) is 10.1. The highest BCUT2D eigenvalue weighted by atomic mass is 79.9. The maximum atomic E-state index is 14.0. The Morgan fingerprint density at radius 2 is 1.68 bits per heavy atom. The van der Waals surface area contributed by atoms with E-state index in [0.29, 0.717) is 57.4 Å². The summed E-state index contributed by atoms with van der Waals surface area (Å²) in [7, 11) is 1.52. The molecule has 0 spiro atoms. The lowest BCUT2D eigenvalue weighted by Gasteiger charge is -2.15. The molecule has 0 heterocycles. The van der Waals surface area contributed by atoms with Crippen LogP contribution in [0, 0.1) is 5.82 Å². The number of hydrazone groups is 1. The van der Waals surface area contributed by atoms with Crippen LogP contribution in [0.4, 0.5) is 4.39 Å². The number of carbonyl (C=O) groups is 1. The quantitative estimate of drug-likeness (QED) is 0.140. The first-order valence-electron chi connectivity index (χ1n) is 12.5. The summed E-state index contributed by atoms with van der Waals surface area (Å²) in [6, 6.07) is 24.6. The molecule has 4 rings (SSSR count). The first-order chi connectivity index (χ1) is 19.5. The highest BCUT2D eigenvalue weighted by Crippen LogP contribution is 2.37. The zero-order valence-electron chi connectivity index (χ0n) is 22.0. The van der Waals surface area contributed by atoms with Crippen molar-refractivity contribution in [1.82, 2.24) is 5.43 Å². The molecule has 0 aliphatic carbocycles. The Hall–Kier alpha value is -4.37. The molecule has 0 fully saturated rings. The van der Waals surface area contributed by atoms with Crippen LogP contribution < -0.4 is 24.4 Å². The predicted octanol–water partition coefficient (Wildman–Crippen LogP) is 6.92. The van der Waals surface area contributed by atoms with Crippen molar-refractivity contribution in [2.24, 2.45) is 5.10 Å². The van der Waals surface area contributed by atoms with E-state index in [1.54, 1.807) is 48.5 Å². The fourth-order valence-corrected chi connectivity index (χ4v) is 4.30. The van der Waals surface area contributed by atoms with Gasteiger partial charge in [0.15, 0.2) is 23.0 Å². The first-order valence-corrected chi connectivity index (χ1v) is 13.3. The van der Waals surface area contributed by atoms with Crippen molar-refractivity contribution in [3.05, 3.63) is 117 Å². The van der Waals surface area contributed by atoms with Crippen LogP contribution in [0.5, 0.6) is 23.0 Å². The maximum Gasteiger partial charge on any atom is 0.271 e. The van der Waals surface area contributed by atoms with Gasteiger partial charge in [0.05, 0.1) is 24.4 Å². The molecule has 0 atom stereocenters. The lowest BCUT2D eigenvalue weighted by molar-refractivity contribution is 0.0954. The van der Waals surface area contributed by atoms with E-state index in [1.165, 1.54) is 19.4 Å². The van der Waals surface area contributed by atoms with E-state index in [0.717, 1.165) is 5.56 Å². The van der Waals surface area contributed by atoms with Crippen molar-refractivity contribution < 1.29 is 28.1 Å². The van der Waals surface area contributed by atoms with E-state index < -0.39 is 5.91 Å². The number of nitrogens with zero attached hydrogens (tertiary/aromatic N) is 1. The molecule has 206 valence electrons. The number of nitrogens with one attached hydrogen (secondary N) is 1. The van der Waals surface area contributed by atoms with Crippen molar-refractivity contribution >= 4 is 28.1 Å². The van der Waals surface area contributed by atoms with E-state index in [-0.39, 0.29) is 12.4 Å². The molecule has 1 amide bonds. The number of carbonyl (C=O) groups excluding carboxylic acids is 1. The topological polar surface area (TPSA) is 78.4 Å². The molecule has 0 radical (unpaired) electrons. The molecule has 0 saturated carbocycles. The Bertz CT molecular complexity index is 1480. The number of ether oxygens (including phenoxy) is 4. The van der Waals surface area contributed by atoms with Crippen molar-refractivity contribution in [1.29, 1.82) is 0 Å². The highest BCUT2D eigenvalue weighted by Gasteiger charge is 2.14. The van der Waals surface area contributed by atoms with Crippen LogP contribution in [0.15, 0.2) is 94.5 Å². The molecule has 9 heteroatoms. The Balaban J connectivity index is 1.41. The summed E-state index contributed by atoms with van der Waals surface area (Å²) in [5.41, 5.74) is 4.97. The number of halogens is 2. The number of amides is 1. The molecule has 0 aliphatic heterocycles. The Morgan fingerprint density at radius 1 is 0.900 bits per heavy atom. The summed E-state index contributed by atoms with van der Waals surface area (Å²) >= 11 is 3.49. The molecule has 0 bridgehead atoms. The largest absolute Gasteiger partial charge is 0.493 e. The van der Waals surface area contributed by atoms with Gasteiger partial charge in [0, 0.05) is 11.1 Å². The molecule has 40 heavy (non-hydrogen) atoms. The summed E-state index contributed by atoms with van der Waals surface area (Å²) in [5.74, 6) is 1.09. The molecule has 0 aliphatic rings. The summed E-state index contributed by atoms with van der Waals surface area (Å²) in [4.78, 5) is 12.7. The predicted molar refractivity (Wildman–Crippen MR) is 155 cm³/mol. The van der Waals surface area contributed by atoms with Crippen LogP contribution in [-0.4, -0.2) is 25.8 Å². The molecule has 4 aromatic carbocycles. The van der Waals surface area contributed by atoms with Crippen molar-refractivity contribution in [3.63, 3.8) is 0 Å². The SMILES string of the molecule is CCOc1cc(/C=N/NC(=O)c2ccc(OCc3ccccc3)c(OC)c2)cc(Br)c1OCc1ccccc1F. The van der Waals surface area contributed by atoms with Crippen LogP contribution in [0.25, 0.3) is 0 Å². The smallest absolute Gasteiger partial charge is 0.271 e. The van der Waals surface area contributed by atoms with Gasteiger partial charge in [-0.15, -0.1) is 0 Å². The van der Waals surface area contributed by atoms with E-state index >= 15 is 0 Å². The molecule has 0 saturated heterocycles. The lowest BCUT2D eigenvalue weighted by atomic mass is 10.2. The second-order valence-corrected chi connectivity index (χ2v) is 9.34. The van der Waals surface area contributed by atoms with Crippen LogP contribution in [0.3, 0.4) is 0 Å². The number of rotatable bonds is 12. The molecule has 1 N–H and O–H groups in total. The van der Waals surface area contributed by atoms with Gasteiger partial charge in [-0.1, -0.05) is 48.5 Å².